The number of Topliss-reactive ketones (excluding diaryl/α,β-unsaturated/α-hetero) is 1. The van der Waals surface area contributed by atoms with Gasteiger partial charge in [0.15, 0.2) is 5.78 Å². The summed E-state index contributed by atoms with van der Waals surface area (Å²) in [4.78, 5) is 11.2. The predicted molar refractivity (Wildman–Crippen MR) is 46.6 cm³/mol. The van der Waals surface area contributed by atoms with Crippen LogP contribution in [-0.4, -0.2) is 64.3 Å². The summed E-state index contributed by atoms with van der Waals surface area (Å²) in [6.45, 7) is 0.677. The Morgan fingerprint density at radius 2 is 1.86 bits per heavy atom. The first-order chi connectivity index (χ1) is 6.45. The normalized spacial score (nSPS) is 19.9. The molecule has 0 saturated carbocycles. The SMILES string of the molecule is COC(C)C(=O)[C@@H](O)[C@H](O)[C@H](O)CO. The number of aliphatic hydroxyl groups excluding tert-OH is 4. The first-order valence-corrected chi connectivity index (χ1v) is 4.17. The van der Waals surface area contributed by atoms with Crippen molar-refractivity contribution in [3.05, 3.63) is 0 Å². The molecule has 0 bridgehead atoms. The Bertz CT molecular complexity index is 183. The van der Waals surface area contributed by atoms with Crippen molar-refractivity contribution in [2.24, 2.45) is 0 Å². The molecule has 0 heterocycles. The topological polar surface area (TPSA) is 107 Å². The van der Waals surface area contributed by atoms with E-state index in [4.69, 9.17) is 15.3 Å². The Kier molecular flexibility index (Phi) is 5.82. The Morgan fingerprint density at radius 3 is 2.21 bits per heavy atom. The van der Waals surface area contributed by atoms with Crippen LogP contribution < -0.4 is 0 Å². The van der Waals surface area contributed by atoms with Crippen molar-refractivity contribution in [3.63, 3.8) is 0 Å². The standard InChI is InChI=1S/C8H16O6/c1-4(14-2)6(11)8(13)7(12)5(10)3-9/h4-5,7-10,12-13H,3H2,1-2H3/t4?,5-,7-,8-/m1/s1. The van der Waals surface area contributed by atoms with Crippen LogP contribution >= 0.6 is 0 Å². The van der Waals surface area contributed by atoms with E-state index in [1.54, 1.807) is 0 Å². The lowest BCUT2D eigenvalue weighted by atomic mass is 10.0. The van der Waals surface area contributed by atoms with Crippen LogP contribution in [0.2, 0.25) is 0 Å². The van der Waals surface area contributed by atoms with Crippen molar-refractivity contribution in [2.45, 2.75) is 31.3 Å². The Hall–Kier alpha value is -0.530. The molecule has 0 rings (SSSR count). The third-order valence-corrected chi connectivity index (χ3v) is 1.95. The minimum atomic E-state index is -1.76. The number of hydrogen-bond donors (Lipinski definition) is 4. The van der Waals surface area contributed by atoms with Crippen molar-refractivity contribution in [3.8, 4) is 0 Å². The van der Waals surface area contributed by atoms with Crippen molar-refractivity contribution in [2.75, 3.05) is 13.7 Å². The van der Waals surface area contributed by atoms with Crippen molar-refractivity contribution < 1.29 is 30.0 Å². The summed E-state index contributed by atoms with van der Waals surface area (Å²) in [6.07, 6.45) is -5.87. The molecule has 0 aromatic carbocycles. The van der Waals surface area contributed by atoms with Gasteiger partial charge in [-0.1, -0.05) is 0 Å². The molecule has 0 aliphatic heterocycles. The average Bonchev–Trinajstić information content (AvgIpc) is 2.23. The molecule has 0 aliphatic rings. The van der Waals surface area contributed by atoms with E-state index in [9.17, 15) is 9.90 Å². The van der Waals surface area contributed by atoms with Crippen LogP contribution in [0.4, 0.5) is 0 Å². The van der Waals surface area contributed by atoms with Gasteiger partial charge in [0, 0.05) is 7.11 Å². The maximum absolute atomic E-state index is 11.2. The van der Waals surface area contributed by atoms with Crippen LogP contribution in [-0.2, 0) is 9.53 Å². The molecule has 0 spiro atoms. The molecule has 0 radical (unpaired) electrons. The van der Waals surface area contributed by atoms with E-state index in [-0.39, 0.29) is 0 Å². The van der Waals surface area contributed by atoms with E-state index < -0.39 is 36.8 Å². The fourth-order valence-electron chi connectivity index (χ4n) is 0.843. The molecule has 6 heteroatoms. The number of carbonyl (C=O) groups is 1. The molecule has 0 fully saturated rings. The molecular formula is C8H16O6. The Labute approximate surface area is 81.7 Å². The zero-order valence-electron chi connectivity index (χ0n) is 8.12. The van der Waals surface area contributed by atoms with E-state index in [0.717, 1.165) is 0 Å². The highest BCUT2D eigenvalue weighted by molar-refractivity contribution is 5.87. The molecule has 6 nitrogen and oxygen atoms in total. The summed E-state index contributed by atoms with van der Waals surface area (Å²) in [5.74, 6) is -0.743. The van der Waals surface area contributed by atoms with Gasteiger partial charge in [-0.15, -0.1) is 0 Å². The van der Waals surface area contributed by atoms with Gasteiger partial charge in [0.1, 0.15) is 24.4 Å². The molecular weight excluding hydrogens is 192 g/mol. The quantitative estimate of drug-likeness (QED) is 0.390. The fraction of sp³-hybridized carbons (Fsp3) is 0.875. The van der Waals surface area contributed by atoms with Crippen LogP contribution in [0.5, 0.6) is 0 Å². The minimum absolute atomic E-state index is 0.729. The molecule has 4 atom stereocenters. The van der Waals surface area contributed by atoms with Gasteiger partial charge in [0.2, 0.25) is 0 Å². The summed E-state index contributed by atoms with van der Waals surface area (Å²) in [7, 11) is 1.28. The molecule has 0 aromatic rings. The molecule has 4 N–H and O–H groups in total. The van der Waals surface area contributed by atoms with Gasteiger partial charge < -0.3 is 25.2 Å². The molecule has 14 heavy (non-hydrogen) atoms. The molecule has 0 aromatic heterocycles. The van der Waals surface area contributed by atoms with Gasteiger partial charge in [-0.25, -0.2) is 0 Å². The second-order valence-corrected chi connectivity index (χ2v) is 2.97. The fourth-order valence-corrected chi connectivity index (χ4v) is 0.843. The lowest BCUT2D eigenvalue weighted by Crippen LogP contribution is -2.47. The van der Waals surface area contributed by atoms with Crippen LogP contribution in [0, 0.1) is 0 Å². The summed E-state index contributed by atoms with van der Waals surface area (Å²) in [6, 6.07) is 0. The number of ketones is 1. The first kappa shape index (κ1) is 13.5. The maximum atomic E-state index is 11.2. The summed E-state index contributed by atoms with van der Waals surface area (Å²) < 4.78 is 4.63. The number of aliphatic hydroxyl groups is 4. The zero-order chi connectivity index (χ0) is 11.3. The number of carbonyl (C=O) groups excluding carboxylic acids is 1. The summed E-state index contributed by atoms with van der Waals surface area (Å²) in [5, 5.41) is 35.8. The molecule has 0 amide bonds. The van der Waals surface area contributed by atoms with Gasteiger partial charge in [-0.05, 0) is 6.92 Å². The first-order valence-electron chi connectivity index (χ1n) is 4.17. The number of rotatable bonds is 6. The highest BCUT2D eigenvalue weighted by atomic mass is 16.5. The van der Waals surface area contributed by atoms with E-state index in [1.807, 2.05) is 0 Å². The maximum Gasteiger partial charge on any atom is 0.192 e. The monoisotopic (exact) mass is 208 g/mol. The van der Waals surface area contributed by atoms with E-state index >= 15 is 0 Å². The number of methoxy groups -OCH3 is 1. The second kappa shape index (κ2) is 6.05. The Balaban J connectivity index is 4.30. The summed E-state index contributed by atoms with van der Waals surface area (Å²) in [5.41, 5.74) is 0. The van der Waals surface area contributed by atoms with E-state index in [2.05, 4.69) is 4.74 Å². The molecule has 1 unspecified atom stereocenters. The van der Waals surface area contributed by atoms with Gasteiger partial charge in [0.25, 0.3) is 0 Å². The van der Waals surface area contributed by atoms with E-state index in [0.29, 0.717) is 0 Å². The Morgan fingerprint density at radius 1 is 1.36 bits per heavy atom. The number of hydrogen-bond acceptors (Lipinski definition) is 6. The third kappa shape index (κ3) is 3.32. The van der Waals surface area contributed by atoms with Gasteiger partial charge in [-0.3, -0.25) is 4.79 Å². The smallest absolute Gasteiger partial charge is 0.192 e. The van der Waals surface area contributed by atoms with Gasteiger partial charge in [-0.2, -0.15) is 0 Å². The van der Waals surface area contributed by atoms with E-state index in [1.165, 1.54) is 14.0 Å². The van der Waals surface area contributed by atoms with Gasteiger partial charge >= 0.3 is 0 Å². The van der Waals surface area contributed by atoms with Crippen LogP contribution in [0.1, 0.15) is 6.92 Å². The second-order valence-electron chi connectivity index (χ2n) is 2.97. The van der Waals surface area contributed by atoms with Crippen molar-refractivity contribution in [1.82, 2.24) is 0 Å². The van der Waals surface area contributed by atoms with Crippen LogP contribution in [0.15, 0.2) is 0 Å². The highest BCUT2D eigenvalue weighted by Gasteiger charge is 2.32. The zero-order valence-corrected chi connectivity index (χ0v) is 8.12. The number of ether oxygens (including phenoxy) is 1. The van der Waals surface area contributed by atoms with Gasteiger partial charge in [0.05, 0.1) is 6.61 Å². The third-order valence-electron chi connectivity index (χ3n) is 1.95. The van der Waals surface area contributed by atoms with Crippen molar-refractivity contribution >= 4 is 5.78 Å². The molecule has 0 saturated heterocycles. The van der Waals surface area contributed by atoms with Crippen LogP contribution in [0.3, 0.4) is 0 Å². The average molecular weight is 208 g/mol. The summed E-state index contributed by atoms with van der Waals surface area (Å²) >= 11 is 0. The largest absolute Gasteiger partial charge is 0.394 e. The van der Waals surface area contributed by atoms with Crippen LogP contribution in [0.25, 0.3) is 0 Å². The lowest BCUT2D eigenvalue weighted by Gasteiger charge is -2.22. The molecule has 0 aliphatic carbocycles. The predicted octanol–water partition coefficient (Wildman–Crippen LogP) is -2.33. The lowest BCUT2D eigenvalue weighted by molar-refractivity contribution is -0.148. The highest BCUT2D eigenvalue weighted by Crippen LogP contribution is 2.05. The van der Waals surface area contributed by atoms with Crippen molar-refractivity contribution in [1.29, 1.82) is 0 Å². The minimum Gasteiger partial charge on any atom is -0.394 e. The molecule has 84 valence electrons.